The van der Waals surface area contributed by atoms with Gasteiger partial charge in [0.25, 0.3) is 0 Å². The van der Waals surface area contributed by atoms with Gasteiger partial charge in [-0.15, -0.1) is 0 Å². The molecule has 0 radical (unpaired) electrons. The molecule has 0 fully saturated rings. The van der Waals surface area contributed by atoms with Crippen LogP contribution in [0.15, 0.2) is 59.5 Å². The summed E-state index contributed by atoms with van der Waals surface area (Å²) in [6.07, 6.45) is 4.06. The van der Waals surface area contributed by atoms with Gasteiger partial charge < -0.3 is 10.1 Å². The van der Waals surface area contributed by atoms with Crippen molar-refractivity contribution in [2.45, 2.75) is 4.90 Å². The molecule has 0 aliphatic carbocycles. The topological polar surface area (TPSA) is 89.5 Å². The number of hydrogen-bond donors (Lipinski definition) is 1. The van der Waals surface area contributed by atoms with E-state index in [2.05, 4.69) is 10.1 Å². The highest BCUT2D eigenvalue weighted by Crippen LogP contribution is 2.14. The van der Waals surface area contributed by atoms with Crippen LogP contribution in [0.5, 0.6) is 0 Å². The van der Waals surface area contributed by atoms with Crippen LogP contribution in [0.3, 0.4) is 0 Å². The number of carbonyl (C=O) groups is 2. The van der Waals surface area contributed by atoms with Crippen LogP contribution in [-0.2, 0) is 19.4 Å². The number of methoxy groups -OCH3 is 1. The lowest BCUT2D eigenvalue weighted by atomic mass is 10.1. The van der Waals surface area contributed by atoms with Gasteiger partial charge in [-0.3, -0.25) is 4.79 Å². The van der Waals surface area contributed by atoms with Gasteiger partial charge >= 0.3 is 5.97 Å². The first-order chi connectivity index (χ1) is 11.8. The number of anilines is 1. The molecule has 0 aromatic heterocycles. The van der Waals surface area contributed by atoms with E-state index >= 15 is 0 Å². The van der Waals surface area contributed by atoms with Crippen molar-refractivity contribution >= 4 is 33.5 Å². The first-order valence-electron chi connectivity index (χ1n) is 7.27. The summed E-state index contributed by atoms with van der Waals surface area (Å²) in [4.78, 5) is 23.4. The monoisotopic (exact) mass is 359 g/mol. The van der Waals surface area contributed by atoms with Gasteiger partial charge in [0.2, 0.25) is 5.91 Å². The second kappa shape index (κ2) is 7.76. The Bertz CT molecular complexity index is 897. The maximum absolute atomic E-state index is 11.9. The van der Waals surface area contributed by atoms with Crippen LogP contribution in [0.4, 0.5) is 5.69 Å². The summed E-state index contributed by atoms with van der Waals surface area (Å²) < 4.78 is 27.4. The lowest BCUT2D eigenvalue weighted by molar-refractivity contribution is -0.111. The van der Waals surface area contributed by atoms with Crippen molar-refractivity contribution in [2.75, 3.05) is 18.7 Å². The maximum Gasteiger partial charge on any atom is 0.337 e. The van der Waals surface area contributed by atoms with Gasteiger partial charge in [0, 0.05) is 18.0 Å². The fourth-order valence-corrected chi connectivity index (χ4v) is 2.62. The summed E-state index contributed by atoms with van der Waals surface area (Å²) in [5, 5.41) is 2.63. The molecule has 0 heterocycles. The van der Waals surface area contributed by atoms with E-state index in [4.69, 9.17) is 0 Å². The molecule has 2 aromatic carbocycles. The first-order valence-corrected chi connectivity index (χ1v) is 9.16. The zero-order valence-corrected chi connectivity index (χ0v) is 14.5. The third-order valence-corrected chi connectivity index (χ3v) is 4.44. The van der Waals surface area contributed by atoms with Crippen LogP contribution in [0.2, 0.25) is 0 Å². The Labute approximate surface area is 146 Å². The minimum absolute atomic E-state index is 0.187. The lowest BCUT2D eigenvalue weighted by Crippen LogP contribution is -2.08. The highest BCUT2D eigenvalue weighted by Gasteiger charge is 2.07. The van der Waals surface area contributed by atoms with Crippen molar-refractivity contribution in [1.29, 1.82) is 0 Å². The zero-order chi connectivity index (χ0) is 18.4. The molecule has 0 spiro atoms. The highest BCUT2D eigenvalue weighted by molar-refractivity contribution is 7.90. The second-order valence-electron chi connectivity index (χ2n) is 5.23. The number of hydrogen-bond acceptors (Lipinski definition) is 5. The van der Waals surface area contributed by atoms with Gasteiger partial charge in [-0.2, -0.15) is 0 Å². The molecule has 0 aliphatic rings. The van der Waals surface area contributed by atoms with E-state index in [0.29, 0.717) is 11.3 Å². The van der Waals surface area contributed by atoms with E-state index in [1.54, 1.807) is 30.3 Å². The molecule has 130 valence electrons. The van der Waals surface area contributed by atoms with Crippen molar-refractivity contribution in [1.82, 2.24) is 0 Å². The largest absolute Gasteiger partial charge is 0.465 e. The van der Waals surface area contributed by atoms with Gasteiger partial charge in [0.05, 0.1) is 17.6 Å². The van der Waals surface area contributed by atoms with Crippen molar-refractivity contribution in [2.24, 2.45) is 0 Å². The van der Waals surface area contributed by atoms with Crippen LogP contribution in [0.1, 0.15) is 15.9 Å². The molecule has 0 bridgehead atoms. The van der Waals surface area contributed by atoms with E-state index in [-0.39, 0.29) is 10.8 Å². The average Bonchev–Trinajstić information content (AvgIpc) is 2.59. The Morgan fingerprint density at radius 2 is 1.60 bits per heavy atom. The smallest absolute Gasteiger partial charge is 0.337 e. The molecule has 1 amide bonds. The fourth-order valence-electron chi connectivity index (χ4n) is 1.99. The third kappa shape index (κ3) is 5.29. The predicted molar refractivity (Wildman–Crippen MR) is 95.0 cm³/mol. The summed E-state index contributed by atoms with van der Waals surface area (Å²) in [7, 11) is -1.96. The third-order valence-electron chi connectivity index (χ3n) is 3.31. The molecule has 0 saturated heterocycles. The van der Waals surface area contributed by atoms with Gasteiger partial charge in [-0.25, -0.2) is 13.2 Å². The van der Waals surface area contributed by atoms with Gasteiger partial charge in [0.15, 0.2) is 9.84 Å². The van der Waals surface area contributed by atoms with Gasteiger partial charge in [-0.1, -0.05) is 12.1 Å². The second-order valence-corrected chi connectivity index (χ2v) is 7.25. The van der Waals surface area contributed by atoms with E-state index in [1.165, 1.54) is 37.5 Å². The van der Waals surface area contributed by atoms with Gasteiger partial charge in [-0.05, 0) is 48.0 Å². The van der Waals surface area contributed by atoms with Crippen molar-refractivity contribution in [3.05, 3.63) is 65.7 Å². The molecule has 25 heavy (non-hydrogen) atoms. The number of rotatable bonds is 5. The van der Waals surface area contributed by atoms with Crippen molar-refractivity contribution < 1.29 is 22.7 Å². The SMILES string of the molecule is COC(=O)c1ccc(C=CC(=O)Nc2ccc(S(C)(=O)=O)cc2)cc1. The number of nitrogens with one attached hydrogen (secondary N) is 1. The van der Waals surface area contributed by atoms with Crippen LogP contribution in [0.25, 0.3) is 6.08 Å². The average molecular weight is 359 g/mol. The lowest BCUT2D eigenvalue weighted by Gasteiger charge is -2.03. The molecule has 7 heteroatoms. The number of carbonyl (C=O) groups excluding carboxylic acids is 2. The van der Waals surface area contributed by atoms with E-state index in [0.717, 1.165) is 11.8 Å². The van der Waals surface area contributed by atoms with Crippen LogP contribution < -0.4 is 5.32 Å². The molecule has 0 aliphatic heterocycles. The van der Waals surface area contributed by atoms with Crippen LogP contribution >= 0.6 is 0 Å². The summed E-state index contributed by atoms with van der Waals surface area (Å²) in [5.74, 6) is -0.782. The zero-order valence-electron chi connectivity index (χ0n) is 13.7. The first kappa shape index (κ1) is 18.4. The standard InChI is InChI=1S/C18H17NO5S/c1-24-18(21)14-6-3-13(4-7-14)5-12-17(20)19-15-8-10-16(11-9-15)25(2,22)23/h3-12H,1-2H3,(H,19,20). The quantitative estimate of drug-likeness (QED) is 0.654. The Morgan fingerprint density at radius 3 is 2.12 bits per heavy atom. The molecule has 2 aromatic rings. The summed E-state index contributed by atoms with van der Waals surface area (Å²) in [5.41, 5.74) is 1.66. The number of ether oxygens (including phenoxy) is 1. The molecule has 0 atom stereocenters. The molecular formula is C18H17NO5S. The summed E-state index contributed by atoms with van der Waals surface area (Å²) in [6.45, 7) is 0. The minimum Gasteiger partial charge on any atom is -0.465 e. The maximum atomic E-state index is 11.9. The molecule has 0 saturated carbocycles. The predicted octanol–water partition coefficient (Wildman–Crippen LogP) is 2.53. The summed E-state index contributed by atoms with van der Waals surface area (Å²) >= 11 is 0. The fraction of sp³-hybridized carbons (Fsp3) is 0.111. The number of sulfone groups is 1. The van der Waals surface area contributed by atoms with Crippen LogP contribution in [0, 0.1) is 0 Å². The van der Waals surface area contributed by atoms with Crippen molar-refractivity contribution in [3.63, 3.8) is 0 Å². The molecule has 6 nitrogen and oxygen atoms in total. The molecule has 2 rings (SSSR count). The number of amides is 1. The summed E-state index contributed by atoms with van der Waals surface area (Å²) in [6, 6.07) is 12.5. The Hall–Kier alpha value is -2.93. The Morgan fingerprint density at radius 1 is 1.00 bits per heavy atom. The van der Waals surface area contributed by atoms with E-state index < -0.39 is 15.8 Å². The molecular weight excluding hydrogens is 342 g/mol. The van der Waals surface area contributed by atoms with E-state index in [1.807, 2.05) is 0 Å². The Kier molecular flexibility index (Phi) is 5.71. The van der Waals surface area contributed by atoms with Gasteiger partial charge in [0.1, 0.15) is 0 Å². The molecule has 0 unspecified atom stereocenters. The number of benzene rings is 2. The van der Waals surface area contributed by atoms with Crippen LogP contribution in [-0.4, -0.2) is 33.7 Å². The molecule has 1 N–H and O–H groups in total. The Balaban J connectivity index is 2.00. The minimum atomic E-state index is -3.27. The normalized spacial score (nSPS) is 11.3. The van der Waals surface area contributed by atoms with E-state index in [9.17, 15) is 18.0 Å². The highest BCUT2D eigenvalue weighted by atomic mass is 32.2. The number of esters is 1. The van der Waals surface area contributed by atoms with Crippen molar-refractivity contribution in [3.8, 4) is 0 Å².